The summed E-state index contributed by atoms with van der Waals surface area (Å²) in [4.78, 5) is 26.2. The second-order valence-electron chi connectivity index (χ2n) is 7.55. The molecule has 1 fully saturated rings. The Morgan fingerprint density at radius 2 is 2.06 bits per heavy atom. The lowest BCUT2D eigenvalue weighted by molar-refractivity contribution is -0.124. The molecular weight excluding hydrogens is 408 g/mol. The summed E-state index contributed by atoms with van der Waals surface area (Å²) in [5.74, 6) is 0.488. The van der Waals surface area contributed by atoms with Gasteiger partial charge in [-0.25, -0.2) is 15.0 Å². The number of amides is 1. The second kappa shape index (κ2) is 8.35. The van der Waals surface area contributed by atoms with Crippen molar-refractivity contribution in [2.45, 2.75) is 18.9 Å². The summed E-state index contributed by atoms with van der Waals surface area (Å²) in [6, 6.07) is 11.6. The third kappa shape index (κ3) is 3.67. The Balaban J connectivity index is 1.63. The number of rotatable bonds is 5. The van der Waals surface area contributed by atoms with Gasteiger partial charge in [0.15, 0.2) is 11.6 Å². The van der Waals surface area contributed by atoms with Crippen molar-refractivity contribution < 1.29 is 14.3 Å². The lowest BCUT2D eigenvalue weighted by atomic mass is 10.0. The number of hydrogen-bond acceptors (Lipinski definition) is 7. The van der Waals surface area contributed by atoms with E-state index in [2.05, 4.69) is 20.4 Å². The molecule has 1 amide bonds. The number of nitrogens with one attached hydrogen (secondary N) is 1. The van der Waals surface area contributed by atoms with Crippen molar-refractivity contribution in [3.8, 4) is 28.3 Å². The summed E-state index contributed by atoms with van der Waals surface area (Å²) < 4.78 is 12.7. The standard InChI is InChI=1S/C23H22N6O3/c1-29-12-15(19(28-29)14-7-4-3-5-8-14)20-21-16(24-13-25-20)11-18(31-2)22(26-21)27-23(30)17-9-6-10-32-17/h3-5,7-8,11-13,17H,6,9-10H2,1-2H3,(H,26,27,30)/t17-/m1/s1. The normalized spacial score (nSPS) is 15.8. The third-order valence-corrected chi connectivity index (χ3v) is 5.39. The smallest absolute Gasteiger partial charge is 0.254 e. The lowest BCUT2D eigenvalue weighted by Crippen LogP contribution is -2.27. The van der Waals surface area contributed by atoms with E-state index in [1.165, 1.54) is 13.4 Å². The summed E-state index contributed by atoms with van der Waals surface area (Å²) in [5, 5.41) is 7.49. The molecule has 0 saturated carbocycles. The minimum atomic E-state index is -0.480. The summed E-state index contributed by atoms with van der Waals surface area (Å²) in [5.41, 5.74) is 4.34. The molecular formula is C23H22N6O3. The van der Waals surface area contributed by atoms with Crippen molar-refractivity contribution >= 4 is 22.8 Å². The summed E-state index contributed by atoms with van der Waals surface area (Å²) in [6.45, 7) is 0.585. The number of carbonyl (C=O) groups excluding carboxylic acids is 1. The van der Waals surface area contributed by atoms with Crippen LogP contribution in [0.4, 0.5) is 5.82 Å². The minimum absolute atomic E-state index is 0.239. The number of benzene rings is 1. The van der Waals surface area contributed by atoms with Gasteiger partial charge in [-0.2, -0.15) is 5.10 Å². The number of methoxy groups -OCH3 is 1. The van der Waals surface area contributed by atoms with Crippen LogP contribution in [0.5, 0.6) is 5.75 Å². The largest absolute Gasteiger partial charge is 0.493 e. The van der Waals surface area contributed by atoms with Crippen LogP contribution in [0, 0.1) is 0 Å². The molecule has 1 aliphatic rings. The van der Waals surface area contributed by atoms with Crippen LogP contribution in [0.1, 0.15) is 12.8 Å². The van der Waals surface area contributed by atoms with E-state index in [0.717, 1.165) is 23.2 Å². The minimum Gasteiger partial charge on any atom is -0.493 e. The molecule has 4 heterocycles. The molecule has 5 rings (SSSR count). The summed E-state index contributed by atoms with van der Waals surface area (Å²) >= 11 is 0. The average Bonchev–Trinajstić information content (AvgIpc) is 3.49. The first-order valence-electron chi connectivity index (χ1n) is 10.4. The molecule has 1 aromatic carbocycles. The molecule has 1 saturated heterocycles. The van der Waals surface area contributed by atoms with Gasteiger partial charge in [0, 0.05) is 37.0 Å². The molecule has 0 radical (unpaired) electrons. The highest BCUT2D eigenvalue weighted by Crippen LogP contribution is 2.35. The molecule has 4 aromatic rings. The highest BCUT2D eigenvalue weighted by Gasteiger charge is 2.26. The molecule has 1 atom stereocenters. The fraction of sp³-hybridized carbons (Fsp3) is 0.261. The number of hydrogen-bond donors (Lipinski definition) is 1. The van der Waals surface area contributed by atoms with Crippen molar-refractivity contribution in [3.05, 3.63) is 48.9 Å². The molecule has 9 heteroatoms. The molecule has 1 aliphatic heterocycles. The number of ether oxygens (including phenoxy) is 2. The van der Waals surface area contributed by atoms with Gasteiger partial charge < -0.3 is 14.8 Å². The second-order valence-corrected chi connectivity index (χ2v) is 7.55. The Morgan fingerprint density at radius 1 is 1.22 bits per heavy atom. The maximum atomic E-state index is 12.6. The Morgan fingerprint density at radius 3 is 2.81 bits per heavy atom. The van der Waals surface area contributed by atoms with E-state index in [4.69, 9.17) is 14.5 Å². The first kappa shape index (κ1) is 20.1. The van der Waals surface area contributed by atoms with Crippen LogP contribution in [0.15, 0.2) is 48.9 Å². The number of aryl methyl sites for hydroxylation is 1. The number of nitrogens with zero attached hydrogens (tertiary/aromatic N) is 5. The molecule has 0 aliphatic carbocycles. The van der Waals surface area contributed by atoms with Crippen molar-refractivity contribution in [3.63, 3.8) is 0 Å². The molecule has 9 nitrogen and oxygen atoms in total. The predicted molar refractivity (Wildman–Crippen MR) is 119 cm³/mol. The molecule has 0 bridgehead atoms. The van der Waals surface area contributed by atoms with Gasteiger partial charge in [0.25, 0.3) is 5.91 Å². The third-order valence-electron chi connectivity index (χ3n) is 5.39. The van der Waals surface area contributed by atoms with E-state index < -0.39 is 6.10 Å². The van der Waals surface area contributed by atoms with Gasteiger partial charge in [-0.3, -0.25) is 9.48 Å². The maximum Gasteiger partial charge on any atom is 0.254 e. The van der Waals surface area contributed by atoms with Crippen LogP contribution in [-0.4, -0.2) is 50.5 Å². The van der Waals surface area contributed by atoms with Crippen LogP contribution in [0.25, 0.3) is 33.5 Å². The summed E-state index contributed by atoms with van der Waals surface area (Å²) in [7, 11) is 3.39. The lowest BCUT2D eigenvalue weighted by Gasteiger charge is -2.14. The van der Waals surface area contributed by atoms with Crippen molar-refractivity contribution in [2.75, 3.05) is 19.0 Å². The first-order chi connectivity index (χ1) is 15.6. The van der Waals surface area contributed by atoms with Crippen LogP contribution in [-0.2, 0) is 16.6 Å². The molecule has 162 valence electrons. The quantitative estimate of drug-likeness (QED) is 0.518. The number of aromatic nitrogens is 5. The van der Waals surface area contributed by atoms with Gasteiger partial charge in [-0.05, 0) is 12.8 Å². The Bertz CT molecular complexity index is 1280. The monoisotopic (exact) mass is 430 g/mol. The highest BCUT2D eigenvalue weighted by molar-refractivity contribution is 5.99. The van der Waals surface area contributed by atoms with Crippen molar-refractivity contribution in [1.29, 1.82) is 0 Å². The van der Waals surface area contributed by atoms with Gasteiger partial charge in [0.2, 0.25) is 0 Å². The Kier molecular flexibility index (Phi) is 5.24. The number of fused-ring (bicyclic) bond motifs is 1. The molecule has 1 N–H and O–H groups in total. The SMILES string of the molecule is COc1cc2ncnc(-c3cn(C)nc3-c3ccccc3)c2nc1NC(=O)[C@H]1CCCO1. The Labute approximate surface area is 184 Å². The van der Waals surface area contributed by atoms with E-state index in [1.54, 1.807) is 10.7 Å². The zero-order valence-electron chi connectivity index (χ0n) is 17.8. The van der Waals surface area contributed by atoms with E-state index in [-0.39, 0.29) is 5.91 Å². The van der Waals surface area contributed by atoms with Gasteiger partial charge in [-0.15, -0.1) is 0 Å². The number of pyridine rings is 1. The molecule has 32 heavy (non-hydrogen) atoms. The van der Waals surface area contributed by atoms with Crippen LogP contribution < -0.4 is 10.1 Å². The van der Waals surface area contributed by atoms with Crippen LogP contribution in [0.3, 0.4) is 0 Å². The average molecular weight is 430 g/mol. The highest BCUT2D eigenvalue weighted by atomic mass is 16.5. The van der Waals surface area contributed by atoms with Gasteiger partial charge in [-0.1, -0.05) is 30.3 Å². The van der Waals surface area contributed by atoms with E-state index in [1.807, 2.05) is 43.6 Å². The van der Waals surface area contributed by atoms with E-state index in [9.17, 15) is 4.79 Å². The van der Waals surface area contributed by atoms with Crippen molar-refractivity contribution in [1.82, 2.24) is 24.7 Å². The number of anilines is 1. The molecule has 0 spiro atoms. The van der Waals surface area contributed by atoms with Crippen LogP contribution >= 0.6 is 0 Å². The van der Waals surface area contributed by atoms with E-state index in [0.29, 0.717) is 41.3 Å². The van der Waals surface area contributed by atoms with E-state index >= 15 is 0 Å². The fourth-order valence-corrected chi connectivity index (χ4v) is 3.86. The first-order valence-corrected chi connectivity index (χ1v) is 10.4. The molecule has 3 aromatic heterocycles. The fourth-order valence-electron chi connectivity index (χ4n) is 3.86. The van der Waals surface area contributed by atoms with Gasteiger partial charge in [0.1, 0.15) is 29.3 Å². The zero-order valence-corrected chi connectivity index (χ0v) is 17.8. The summed E-state index contributed by atoms with van der Waals surface area (Å²) in [6.07, 6.45) is 4.46. The van der Waals surface area contributed by atoms with Gasteiger partial charge in [0.05, 0.1) is 12.6 Å². The topological polar surface area (TPSA) is 104 Å². The molecule has 0 unspecified atom stereocenters. The number of carbonyl (C=O) groups is 1. The van der Waals surface area contributed by atoms with Gasteiger partial charge >= 0.3 is 0 Å². The predicted octanol–water partition coefficient (Wildman–Crippen LogP) is 3.22. The van der Waals surface area contributed by atoms with Crippen molar-refractivity contribution in [2.24, 2.45) is 7.05 Å². The Hall–Kier alpha value is -3.85. The maximum absolute atomic E-state index is 12.6. The van der Waals surface area contributed by atoms with Crippen LogP contribution in [0.2, 0.25) is 0 Å². The zero-order chi connectivity index (χ0) is 22.1.